The molecular weight excluding hydrogens is 354 g/mol. The highest BCUT2D eigenvalue weighted by atomic mass is 16.5. The van der Waals surface area contributed by atoms with Crippen LogP contribution < -0.4 is 20.1 Å². The van der Waals surface area contributed by atoms with E-state index in [-0.39, 0.29) is 0 Å². The number of hydrogen-bond donors (Lipinski definition) is 2. The van der Waals surface area contributed by atoms with Crippen molar-refractivity contribution < 1.29 is 9.47 Å². The average molecular weight is 377 g/mol. The number of rotatable bonds is 4. The lowest BCUT2D eigenvalue weighted by Crippen LogP contribution is -2.30. The Labute approximate surface area is 164 Å². The molecule has 1 aliphatic heterocycles. The van der Waals surface area contributed by atoms with E-state index in [2.05, 4.69) is 26.8 Å². The van der Waals surface area contributed by atoms with Gasteiger partial charge in [-0.2, -0.15) is 5.10 Å². The van der Waals surface area contributed by atoms with Crippen molar-refractivity contribution in [1.82, 2.24) is 15.1 Å². The lowest BCUT2D eigenvalue weighted by Gasteiger charge is -2.15. The summed E-state index contributed by atoms with van der Waals surface area (Å²) in [5, 5.41) is 11.0. The summed E-state index contributed by atoms with van der Waals surface area (Å²) >= 11 is 0. The molecule has 0 amide bonds. The van der Waals surface area contributed by atoms with Gasteiger partial charge in [-0.3, -0.25) is 4.99 Å². The summed E-state index contributed by atoms with van der Waals surface area (Å²) in [6.45, 7) is 1.95. The number of nitrogens with one attached hydrogen (secondary N) is 2. The molecule has 7 heteroatoms. The molecule has 144 valence electrons. The number of guanidine groups is 1. The number of benzene rings is 2. The van der Waals surface area contributed by atoms with E-state index in [1.165, 1.54) is 0 Å². The normalized spacial score (nSPS) is 13.7. The minimum absolute atomic E-state index is 0.611. The minimum atomic E-state index is 0.611. The van der Waals surface area contributed by atoms with Crippen molar-refractivity contribution in [2.75, 3.05) is 25.6 Å². The van der Waals surface area contributed by atoms with Gasteiger partial charge in [-0.25, -0.2) is 4.68 Å². The Bertz CT molecular complexity index is 953. The molecule has 0 unspecified atom stereocenters. The molecule has 0 saturated heterocycles. The predicted octanol–water partition coefficient (Wildman–Crippen LogP) is 3.22. The van der Waals surface area contributed by atoms with E-state index >= 15 is 0 Å². The second-order valence-corrected chi connectivity index (χ2v) is 6.34. The first-order valence-electron chi connectivity index (χ1n) is 9.29. The molecule has 2 N–H and O–H groups in total. The number of nitrogens with zero attached hydrogens (tertiary/aromatic N) is 3. The molecule has 1 aliphatic rings. The van der Waals surface area contributed by atoms with Crippen LogP contribution in [0.5, 0.6) is 11.5 Å². The van der Waals surface area contributed by atoms with Crippen molar-refractivity contribution in [1.29, 1.82) is 0 Å². The second kappa shape index (κ2) is 8.47. The highest BCUT2D eigenvalue weighted by molar-refractivity contribution is 5.93. The van der Waals surface area contributed by atoms with Crippen molar-refractivity contribution in [3.05, 3.63) is 66.5 Å². The van der Waals surface area contributed by atoms with Gasteiger partial charge in [0.15, 0.2) is 17.5 Å². The van der Waals surface area contributed by atoms with Gasteiger partial charge in [-0.15, -0.1) is 0 Å². The summed E-state index contributed by atoms with van der Waals surface area (Å²) in [5.74, 6) is 2.20. The molecule has 2 aromatic carbocycles. The van der Waals surface area contributed by atoms with Gasteiger partial charge in [0, 0.05) is 44.2 Å². The molecule has 0 bridgehead atoms. The molecule has 4 rings (SSSR count). The topological polar surface area (TPSA) is 72.7 Å². The predicted molar refractivity (Wildman–Crippen MR) is 109 cm³/mol. The van der Waals surface area contributed by atoms with Gasteiger partial charge in [0.25, 0.3) is 0 Å². The zero-order valence-corrected chi connectivity index (χ0v) is 15.8. The first kappa shape index (κ1) is 17.9. The van der Waals surface area contributed by atoms with Gasteiger partial charge in [-0.1, -0.05) is 18.2 Å². The number of ether oxygens (including phenoxy) is 2. The Morgan fingerprint density at radius 2 is 1.96 bits per heavy atom. The van der Waals surface area contributed by atoms with Crippen LogP contribution in [0.1, 0.15) is 12.0 Å². The van der Waals surface area contributed by atoms with Crippen LogP contribution in [-0.4, -0.2) is 36.0 Å². The van der Waals surface area contributed by atoms with Gasteiger partial charge in [0.2, 0.25) is 0 Å². The molecule has 1 aromatic heterocycles. The molecule has 2 heterocycles. The van der Waals surface area contributed by atoms with Crippen LogP contribution in [0.4, 0.5) is 5.69 Å². The molecule has 3 aromatic rings. The fourth-order valence-corrected chi connectivity index (χ4v) is 3.03. The van der Waals surface area contributed by atoms with Gasteiger partial charge >= 0.3 is 0 Å². The summed E-state index contributed by atoms with van der Waals surface area (Å²) in [5.41, 5.74) is 3.04. The van der Waals surface area contributed by atoms with E-state index in [1.54, 1.807) is 13.2 Å². The first-order valence-corrected chi connectivity index (χ1v) is 9.29. The van der Waals surface area contributed by atoms with E-state index in [0.717, 1.165) is 34.9 Å². The van der Waals surface area contributed by atoms with Crippen molar-refractivity contribution in [2.45, 2.75) is 13.0 Å². The Kier molecular flexibility index (Phi) is 5.42. The quantitative estimate of drug-likeness (QED) is 0.540. The van der Waals surface area contributed by atoms with Gasteiger partial charge in [-0.05, 0) is 29.8 Å². The number of aliphatic imine (C=N–C) groups is 1. The minimum Gasteiger partial charge on any atom is -0.490 e. The Morgan fingerprint density at radius 3 is 2.79 bits per heavy atom. The molecular formula is C21H23N5O2. The molecule has 28 heavy (non-hydrogen) atoms. The van der Waals surface area contributed by atoms with Crippen molar-refractivity contribution in [3.63, 3.8) is 0 Å². The van der Waals surface area contributed by atoms with Crippen LogP contribution >= 0.6 is 0 Å². The Balaban J connectivity index is 1.45. The van der Waals surface area contributed by atoms with Crippen LogP contribution in [-0.2, 0) is 6.54 Å². The Morgan fingerprint density at radius 1 is 1.11 bits per heavy atom. The number of fused-ring (bicyclic) bond motifs is 1. The maximum Gasteiger partial charge on any atom is 0.195 e. The van der Waals surface area contributed by atoms with Crippen molar-refractivity contribution in [3.8, 4) is 17.2 Å². The third-order valence-electron chi connectivity index (χ3n) is 4.42. The molecule has 7 nitrogen and oxygen atoms in total. The summed E-state index contributed by atoms with van der Waals surface area (Å²) < 4.78 is 13.3. The standard InChI is InChI=1S/C21H23N5O2/c1-22-21(25-17-8-9-19-20(14-17)28-13-5-12-27-19)23-15-16-6-2-3-7-18(16)26-11-4-10-24-26/h2-4,6-11,14H,5,12-13,15H2,1H3,(H2,22,23,25). The number of anilines is 1. The zero-order valence-electron chi connectivity index (χ0n) is 15.8. The third kappa shape index (κ3) is 4.09. The van der Waals surface area contributed by atoms with Gasteiger partial charge < -0.3 is 20.1 Å². The lowest BCUT2D eigenvalue weighted by atomic mass is 10.2. The van der Waals surface area contributed by atoms with Crippen LogP contribution in [0.25, 0.3) is 5.69 Å². The highest BCUT2D eigenvalue weighted by Gasteiger charge is 2.12. The van der Waals surface area contributed by atoms with E-state index in [9.17, 15) is 0 Å². The molecule has 0 aliphatic carbocycles. The first-order chi connectivity index (χ1) is 13.8. The number of aromatic nitrogens is 2. The third-order valence-corrected chi connectivity index (χ3v) is 4.42. The molecule has 0 saturated carbocycles. The fraction of sp³-hybridized carbons (Fsp3) is 0.238. The van der Waals surface area contributed by atoms with Crippen molar-refractivity contribution in [2.24, 2.45) is 4.99 Å². The molecule has 0 fully saturated rings. The van der Waals surface area contributed by atoms with Gasteiger partial charge in [0.05, 0.1) is 18.9 Å². The average Bonchev–Trinajstić information content (AvgIpc) is 3.17. The highest BCUT2D eigenvalue weighted by Crippen LogP contribution is 2.32. The van der Waals surface area contributed by atoms with E-state index < -0.39 is 0 Å². The van der Waals surface area contributed by atoms with Crippen LogP contribution in [0.3, 0.4) is 0 Å². The summed E-state index contributed by atoms with van der Waals surface area (Å²) in [6.07, 6.45) is 4.59. The zero-order chi connectivity index (χ0) is 19.2. The summed E-state index contributed by atoms with van der Waals surface area (Å²) in [6, 6.07) is 15.9. The molecule has 0 radical (unpaired) electrons. The Hall–Kier alpha value is -3.48. The maximum absolute atomic E-state index is 5.76. The van der Waals surface area contributed by atoms with E-state index in [4.69, 9.17) is 9.47 Å². The van der Waals surface area contributed by atoms with E-state index in [0.29, 0.717) is 25.7 Å². The monoisotopic (exact) mass is 377 g/mol. The largest absolute Gasteiger partial charge is 0.490 e. The van der Waals surface area contributed by atoms with Crippen LogP contribution in [0.15, 0.2) is 65.9 Å². The number of para-hydroxylation sites is 1. The summed E-state index contributed by atoms with van der Waals surface area (Å²) in [4.78, 5) is 4.32. The lowest BCUT2D eigenvalue weighted by molar-refractivity contribution is 0.297. The van der Waals surface area contributed by atoms with Gasteiger partial charge in [0.1, 0.15) is 0 Å². The van der Waals surface area contributed by atoms with Crippen LogP contribution in [0, 0.1) is 0 Å². The van der Waals surface area contributed by atoms with Crippen molar-refractivity contribution >= 4 is 11.6 Å². The maximum atomic E-state index is 5.76. The van der Waals surface area contributed by atoms with Crippen LogP contribution in [0.2, 0.25) is 0 Å². The second-order valence-electron chi connectivity index (χ2n) is 6.34. The number of hydrogen-bond acceptors (Lipinski definition) is 4. The molecule has 0 spiro atoms. The molecule has 0 atom stereocenters. The van der Waals surface area contributed by atoms with E-state index in [1.807, 2.05) is 53.3 Å². The SMILES string of the molecule is CN=C(NCc1ccccc1-n1cccn1)Nc1ccc2c(c1)OCCCO2. The summed E-state index contributed by atoms with van der Waals surface area (Å²) in [7, 11) is 1.75. The fourth-order valence-electron chi connectivity index (χ4n) is 3.03. The smallest absolute Gasteiger partial charge is 0.195 e.